The van der Waals surface area contributed by atoms with E-state index in [-0.39, 0.29) is 6.10 Å². The molecule has 2 aliphatic rings. The zero-order chi connectivity index (χ0) is 11.1. The molecule has 88 valence electrons. The molecule has 0 radical (unpaired) electrons. The van der Waals surface area contributed by atoms with Crippen molar-refractivity contribution in [3.63, 3.8) is 0 Å². The van der Waals surface area contributed by atoms with Gasteiger partial charge in [0.2, 0.25) is 0 Å². The van der Waals surface area contributed by atoms with Crippen LogP contribution in [0.2, 0.25) is 0 Å². The van der Waals surface area contributed by atoms with E-state index in [0.29, 0.717) is 17.5 Å². The fourth-order valence-electron chi connectivity index (χ4n) is 3.05. The van der Waals surface area contributed by atoms with Gasteiger partial charge >= 0.3 is 0 Å². The van der Waals surface area contributed by atoms with Crippen molar-refractivity contribution in [2.24, 2.45) is 5.41 Å². The summed E-state index contributed by atoms with van der Waals surface area (Å²) in [6.45, 7) is 5.70. The van der Waals surface area contributed by atoms with Crippen molar-refractivity contribution in [2.45, 2.75) is 57.7 Å². The first kappa shape index (κ1) is 11.7. The van der Waals surface area contributed by atoms with Gasteiger partial charge in [0.15, 0.2) is 0 Å². The lowest BCUT2D eigenvalue weighted by Gasteiger charge is -2.41. The average Bonchev–Trinajstić information content (AvgIpc) is 2.42. The van der Waals surface area contributed by atoms with Gasteiger partial charge in [-0.05, 0) is 36.9 Å². The van der Waals surface area contributed by atoms with Gasteiger partial charge in [0.1, 0.15) is 0 Å². The lowest BCUT2D eigenvalue weighted by molar-refractivity contribution is 0.0192. The summed E-state index contributed by atoms with van der Waals surface area (Å²) < 4.78 is 0. The molecule has 0 aliphatic carbocycles. The summed E-state index contributed by atoms with van der Waals surface area (Å²) in [5.41, 5.74) is 0.298. The molecule has 3 heteroatoms. The average molecular weight is 229 g/mol. The molecule has 2 saturated heterocycles. The van der Waals surface area contributed by atoms with Gasteiger partial charge in [-0.3, -0.25) is 4.90 Å². The zero-order valence-electron chi connectivity index (χ0n) is 9.82. The molecule has 0 aromatic carbocycles. The zero-order valence-corrected chi connectivity index (χ0v) is 10.7. The van der Waals surface area contributed by atoms with Crippen LogP contribution in [0, 0.1) is 5.41 Å². The second kappa shape index (κ2) is 4.27. The number of thiol groups is 1. The normalized spacial score (nSPS) is 37.2. The second-order valence-electron chi connectivity index (χ2n) is 6.00. The lowest BCUT2D eigenvalue weighted by Crippen LogP contribution is -2.48. The van der Waals surface area contributed by atoms with Gasteiger partial charge in [0.25, 0.3) is 0 Å². The number of piperidine rings is 1. The Morgan fingerprint density at radius 3 is 2.27 bits per heavy atom. The van der Waals surface area contributed by atoms with Crippen LogP contribution in [-0.2, 0) is 0 Å². The van der Waals surface area contributed by atoms with Crippen molar-refractivity contribution in [1.82, 2.24) is 4.90 Å². The standard InChI is InChI=1S/C12H23NOS/c1-12(2,8-15)7-13-9-3-4-10(13)6-11(14)5-9/h9-11,14-15H,3-8H2,1-2H3. The van der Waals surface area contributed by atoms with Crippen molar-refractivity contribution < 1.29 is 5.11 Å². The Morgan fingerprint density at radius 1 is 1.27 bits per heavy atom. The van der Waals surface area contributed by atoms with E-state index in [9.17, 15) is 5.11 Å². The number of hydrogen-bond acceptors (Lipinski definition) is 3. The maximum atomic E-state index is 9.72. The van der Waals surface area contributed by atoms with Crippen LogP contribution in [0.4, 0.5) is 0 Å². The summed E-state index contributed by atoms with van der Waals surface area (Å²) in [5.74, 6) is 0.936. The molecule has 1 N–H and O–H groups in total. The third-order valence-corrected chi connectivity index (χ3v) is 4.75. The SMILES string of the molecule is CC(C)(CS)CN1C2CCC1CC(O)C2. The molecule has 2 heterocycles. The van der Waals surface area contributed by atoms with Crippen LogP contribution in [-0.4, -0.2) is 40.5 Å². The van der Waals surface area contributed by atoms with Crippen LogP contribution in [0.3, 0.4) is 0 Å². The van der Waals surface area contributed by atoms with Gasteiger partial charge in [-0.25, -0.2) is 0 Å². The molecular formula is C12H23NOS. The highest BCUT2D eigenvalue weighted by molar-refractivity contribution is 7.80. The van der Waals surface area contributed by atoms with E-state index in [2.05, 4.69) is 31.4 Å². The second-order valence-corrected chi connectivity index (χ2v) is 6.32. The Morgan fingerprint density at radius 2 is 1.80 bits per heavy atom. The minimum atomic E-state index is -0.0436. The Labute approximate surface area is 98.5 Å². The summed E-state index contributed by atoms with van der Waals surface area (Å²) in [5, 5.41) is 9.72. The van der Waals surface area contributed by atoms with Gasteiger partial charge in [-0.1, -0.05) is 13.8 Å². The fourth-order valence-corrected chi connectivity index (χ4v) is 3.15. The predicted molar refractivity (Wildman–Crippen MR) is 66.4 cm³/mol. The molecule has 15 heavy (non-hydrogen) atoms. The Balaban J connectivity index is 1.99. The third kappa shape index (κ3) is 2.51. The summed E-state index contributed by atoms with van der Waals surface area (Å²) in [6.07, 6.45) is 4.49. The molecule has 2 aliphatic heterocycles. The van der Waals surface area contributed by atoms with Crippen LogP contribution >= 0.6 is 12.6 Å². The molecule has 2 unspecified atom stereocenters. The van der Waals surface area contributed by atoms with E-state index < -0.39 is 0 Å². The summed E-state index contributed by atoms with van der Waals surface area (Å²) in [7, 11) is 0. The Hall–Kier alpha value is 0.270. The molecule has 2 nitrogen and oxygen atoms in total. The third-order valence-electron chi connectivity index (χ3n) is 3.90. The Kier molecular flexibility index (Phi) is 3.34. The van der Waals surface area contributed by atoms with E-state index in [0.717, 1.165) is 25.1 Å². The van der Waals surface area contributed by atoms with E-state index in [1.165, 1.54) is 12.8 Å². The van der Waals surface area contributed by atoms with Crippen molar-refractivity contribution in [2.75, 3.05) is 12.3 Å². The van der Waals surface area contributed by atoms with Crippen LogP contribution in [0.15, 0.2) is 0 Å². The molecule has 2 fully saturated rings. The maximum Gasteiger partial charge on any atom is 0.0570 e. The topological polar surface area (TPSA) is 23.5 Å². The smallest absolute Gasteiger partial charge is 0.0570 e. The van der Waals surface area contributed by atoms with Crippen molar-refractivity contribution >= 4 is 12.6 Å². The van der Waals surface area contributed by atoms with Crippen molar-refractivity contribution in [3.8, 4) is 0 Å². The maximum absolute atomic E-state index is 9.72. The number of nitrogens with zero attached hydrogens (tertiary/aromatic N) is 1. The molecule has 2 atom stereocenters. The van der Waals surface area contributed by atoms with Gasteiger partial charge in [0, 0.05) is 18.6 Å². The number of rotatable bonds is 3. The number of aliphatic hydroxyl groups is 1. The van der Waals surface area contributed by atoms with E-state index in [1.54, 1.807) is 0 Å². The number of hydrogen-bond donors (Lipinski definition) is 2. The molecule has 2 bridgehead atoms. The van der Waals surface area contributed by atoms with Crippen LogP contribution < -0.4 is 0 Å². The quantitative estimate of drug-likeness (QED) is 0.722. The van der Waals surface area contributed by atoms with Gasteiger partial charge in [-0.15, -0.1) is 0 Å². The summed E-state index contributed by atoms with van der Waals surface area (Å²) in [6, 6.07) is 1.27. The van der Waals surface area contributed by atoms with Crippen LogP contribution in [0.1, 0.15) is 39.5 Å². The number of aliphatic hydroxyl groups excluding tert-OH is 1. The van der Waals surface area contributed by atoms with Gasteiger partial charge in [-0.2, -0.15) is 12.6 Å². The highest BCUT2D eigenvalue weighted by Gasteiger charge is 2.41. The molecule has 2 rings (SSSR count). The predicted octanol–water partition coefficient (Wildman–Crippen LogP) is 1.93. The van der Waals surface area contributed by atoms with Crippen LogP contribution in [0.25, 0.3) is 0 Å². The van der Waals surface area contributed by atoms with E-state index in [1.807, 2.05) is 0 Å². The first-order chi connectivity index (χ1) is 7.02. The molecular weight excluding hydrogens is 206 g/mol. The van der Waals surface area contributed by atoms with Gasteiger partial charge in [0.05, 0.1) is 6.10 Å². The first-order valence-corrected chi connectivity index (χ1v) is 6.70. The van der Waals surface area contributed by atoms with Crippen molar-refractivity contribution in [3.05, 3.63) is 0 Å². The molecule has 0 saturated carbocycles. The van der Waals surface area contributed by atoms with Crippen LogP contribution in [0.5, 0.6) is 0 Å². The van der Waals surface area contributed by atoms with E-state index in [4.69, 9.17) is 0 Å². The molecule has 0 spiro atoms. The highest BCUT2D eigenvalue weighted by atomic mass is 32.1. The van der Waals surface area contributed by atoms with Gasteiger partial charge < -0.3 is 5.11 Å². The number of fused-ring (bicyclic) bond motifs is 2. The molecule has 0 aromatic rings. The minimum Gasteiger partial charge on any atom is -0.393 e. The molecule has 0 amide bonds. The summed E-state index contributed by atoms with van der Waals surface area (Å²) in [4.78, 5) is 2.63. The largest absolute Gasteiger partial charge is 0.393 e. The molecule has 0 aromatic heterocycles. The fraction of sp³-hybridized carbons (Fsp3) is 1.00. The lowest BCUT2D eigenvalue weighted by atomic mass is 9.91. The first-order valence-electron chi connectivity index (χ1n) is 6.06. The monoisotopic (exact) mass is 229 g/mol. The summed E-state index contributed by atoms with van der Waals surface area (Å²) >= 11 is 4.42. The highest BCUT2D eigenvalue weighted by Crippen LogP contribution is 2.37. The minimum absolute atomic E-state index is 0.0436. The van der Waals surface area contributed by atoms with Crippen molar-refractivity contribution in [1.29, 1.82) is 0 Å². The Bertz CT molecular complexity index is 218. The van der Waals surface area contributed by atoms with E-state index >= 15 is 0 Å².